The Morgan fingerprint density at radius 1 is 1.11 bits per heavy atom. The largest absolute Gasteiger partial charge is 0.448 e. The quantitative estimate of drug-likeness (QED) is 0.499. The van der Waals surface area contributed by atoms with E-state index in [0.29, 0.717) is 35.5 Å². The van der Waals surface area contributed by atoms with Gasteiger partial charge in [0.25, 0.3) is 5.91 Å². The first-order valence-electron chi connectivity index (χ1n) is 8.71. The number of hydrogen-bond acceptors (Lipinski definition) is 3. The number of nitrogens with zero attached hydrogens (tertiary/aromatic N) is 2. The molecule has 0 atom stereocenters. The Labute approximate surface area is 165 Å². The van der Waals surface area contributed by atoms with Gasteiger partial charge in [0, 0.05) is 43.5 Å². The summed E-state index contributed by atoms with van der Waals surface area (Å²) in [6, 6.07) is 19.5. The SMILES string of the molecule is O=C(NCCc1ccccn1)c1cc2oc(Br)cc2n1Cc1ccccc1. The number of fused-ring (bicyclic) bond motifs is 1. The zero-order valence-corrected chi connectivity index (χ0v) is 16.1. The van der Waals surface area contributed by atoms with E-state index in [2.05, 4.69) is 26.2 Å². The highest BCUT2D eigenvalue weighted by Crippen LogP contribution is 2.27. The number of aromatic nitrogens is 2. The minimum atomic E-state index is -0.121. The van der Waals surface area contributed by atoms with Gasteiger partial charge in [-0.05, 0) is 33.6 Å². The molecule has 0 spiro atoms. The number of rotatable bonds is 6. The van der Waals surface area contributed by atoms with Crippen molar-refractivity contribution in [2.75, 3.05) is 6.54 Å². The van der Waals surface area contributed by atoms with Crippen molar-refractivity contribution in [1.29, 1.82) is 0 Å². The van der Waals surface area contributed by atoms with Crippen molar-refractivity contribution in [3.05, 3.63) is 88.5 Å². The normalized spacial score (nSPS) is 11.0. The van der Waals surface area contributed by atoms with E-state index in [0.717, 1.165) is 16.8 Å². The van der Waals surface area contributed by atoms with Crippen LogP contribution in [0.5, 0.6) is 0 Å². The molecule has 0 radical (unpaired) electrons. The molecule has 5 nitrogen and oxygen atoms in total. The molecule has 27 heavy (non-hydrogen) atoms. The maximum Gasteiger partial charge on any atom is 0.268 e. The second-order valence-corrected chi connectivity index (χ2v) is 7.01. The van der Waals surface area contributed by atoms with E-state index in [9.17, 15) is 4.79 Å². The lowest BCUT2D eigenvalue weighted by molar-refractivity contribution is 0.0945. The highest BCUT2D eigenvalue weighted by atomic mass is 79.9. The molecule has 0 aliphatic rings. The van der Waals surface area contributed by atoms with Crippen molar-refractivity contribution >= 4 is 32.9 Å². The molecule has 0 aliphatic heterocycles. The van der Waals surface area contributed by atoms with Crippen molar-refractivity contribution in [2.45, 2.75) is 13.0 Å². The van der Waals surface area contributed by atoms with Crippen LogP contribution in [0.15, 0.2) is 75.9 Å². The number of carbonyl (C=O) groups is 1. The number of hydrogen-bond donors (Lipinski definition) is 1. The Balaban J connectivity index is 1.55. The number of carbonyl (C=O) groups excluding carboxylic acids is 1. The van der Waals surface area contributed by atoms with Crippen LogP contribution in [0.3, 0.4) is 0 Å². The van der Waals surface area contributed by atoms with Gasteiger partial charge in [0.2, 0.25) is 0 Å². The number of halogens is 1. The van der Waals surface area contributed by atoms with E-state index in [4.69, 9.17) is 4.42 Å². The zero-order chi connectivity index (χ0) is 18.6. The van der Waals surface area contributed by atoms with Crippen LogP contribution in [0.2, 0.25) is 0 Å². The van der Waals surface area contributed by atoms with Crippen LogP contribution in [0.4, 0.5) is 0 Å². The number of pyridine rings is 1. The van der Waals surface area contributed by atoms with Gasteiger partial charge in [-0.2, -0.15) is 0 Å². The molecule has 0 bridgehead atoms. The molecule has 3 aromatic heterocycles. The summed E-state index contributed by atoms with van der Waals surface area (Å²) in [5.41, 5.74) is 4.24. The highest BCUT2D eigenvalue weighted by Gasteiger charge is 2.18. The molecule has 136 valence electrons. The second kappa shape index (κ2) is 7.80. The number of nitrogens with one attached hydrogen (secondary N) is 1. The molecular weight excluding hydrogens is 406 g/mol. The summed E-state index contributed by atoms with van der Waals surface area (Å²) in [7, 11) is 0. The van der Waals surface area contributed by atoms with E-state index in [1.54, 1.807) is 12.3 Å². The fourth-order valence-electron chi connectivity index (χ4n) is 3.08. The summed E-state index contributed by atoms with van der Waals surface area (Å²) < 4.78 is 8.29. The van der Waals surface area contributed by atoms with Crippen molar-refractivity contribution in [1.82, 2.24) is 14.9 Å². The monoisotopic (exact) mass is 423 g/mol. The summed E-state index contributed by atoms with van der Waals surface area (Å²) in [4.78, 5) is 17.1. The third-order valence-corrected chi connectivity index (χ3v) is 4.76. The van der Waals surface area contributed by atoms with Gasteiger partial charge in [-0.15, -0.1) is 0 Å². The number of furan rings is 1. The molecule has 4 rings (SSSR count). The molecular formula is C21H18BrN3O2. The van der Waals surface area contributed by atoms with E-state index < -0.39 is 0 Å². The Morgan fingerprint density at radius 3 is 2.70 bits per heavy atom. The third kappa shape index (κ3) is 3.95. The van der Waals surface area contributed by atoms with Gasteiger partial charge in [-0.3, -0.25) is 9.78 Å². The van der Waals surface area contributed by atoms with Gasteiger partial charge in [0.1, 0.15) is 5.69 Å². The van der Waals surface area contributed by atoms with Gasteiger partial charge < -0.3 is 14.3 Å². The minimum absolute atomic E-state index is 0.121. The Hall–Kier alpha value is -2.86. The summed E-state index contributed by atoms with van der Waals surface area (Å²) in [5.74, 6) is -0.121. The topological polar surface area (TPSA) is 60.1 Å². The van der Waals surface area contributed by atoms with E-state index in [-0.39, 0.29) is 5.91 Å². The minimum Gasteiger partial charge on any atom is -0.448 e. The fourth-order valence-corrected chi connectivity index (χ4v) is 3.47. The second-order valence-electron chi connectivity index (χ2n) is 6.23. The van der Waals surface area contributed by atoms with Crippen molar-refractivity contribution in [3.63, 3.8) is 0 Å². The zero-order valence-electron chi connectivity index (χ0n) is 14.6. The molecule has 3 heterocycles. The van der Waals surface area contributed by atoms with E-state index >= 15 is 0 Å². The average molecular weight is 424 g/mol. The molecule has 4 aromatic rings. The lowest BCUT2D eigenvalue weighted by Crippen LogP contribution is -2.28. The highest BCUT2D eigenvalue weighted by molar-refractivity contribution is 9.10. The molecule has 0 unspecified atom stereocenters. The molecule has 1 N–H and O–H groups in total. The van der Waals surface area contributed by atoms with Crippen LogP contribution in [-0.4, -0.2) is 22.0 Å². The molecule has 0 saturated heterocycles. The first-order chi connectivity index (χ1) is 13.2. The molecule has 1 aromatic carbocycles. The fraction of sp³-hybridized carbons (Fsp3) is 0.143. The molecule has 1 amide bonds. The summed E-state index contributed by atoms with van der Waals surface area (Å²) in [6.07, 6.45) is 2.45. The first kappa shape index (κ1) is 17.5. The predicted molar refractivity (Wildman–Crippen MR) is 108 cm³/mol. The third-order valence-electron chi connectivity index (χ3n) is 4.37. The van der Waals surface area contributed by atoms with Crippen LogP contribution in [0.1, 0.15) is 21.7 Å². The van der Waals surface area contributed by atoms with Gasteiger partial charge >= 0.3 is 0 Å². The van der Waals surface area contributed by atoms with Crippen LogP contribution in [0.25, 0.3) is 11.1 Å². The molecule has 0 fully saturated rings. The lowest BCUT2D eigenvalue weighted by atomic mass is 10.2. The van der Waals surface area contributed by atoms with Gasteiger partial charge in [-0.1, -0.05) is 36.4 Å². The standard InChI is InChI=1S/C21H18BrN3O2/c22-20-13-17-19(27-20)12-18(25(17)14-15-6-2-1-3-7-15)21(26)24-11-9-16-8-4-5-10-23-16/h1-8,10,12-13H,9,11,14H2,(H,24,26). The maximum absolute atomic E-state index is 12.8. The molecule has 0 saturated carbocycles. The van der Waals surface area contributed by atoms with Gasteiger partial charge in [0.15, 0.2) is 10.3 Å². The number of benzene rings is 1. The average Bonchev–Trinajstić information content (AvgIpc) is 3.20. The summed E-state index contributed by atoms with van der Waals surface area (Å²) in [5, 5.41) is 2.99. The Kier molecular flexibility index (Phi) is 5.07. The van der Waals surface area contributed by atoms with Crippen LogP contribution in [-0.2, 0) is 13.0 Å². The smallest absolute Gasteiger partial charge is 0.268 e. The Morgan fingerprint density at radius 2 is 1.93 bits per heavy atom. The number of amides is 1. The van der Waals surface area contributed by atoms with Crippen molar-refractivity contribution in [2.24, 2.45) is 0 Å². The lowest BCUT2D eigenvalue weighted by Gasteiger charge is -2.11. The first-order valence-corrected chi connectivity index (χ1v) is 9.50. The predicted octanol–water partition coefficient (Wildman–Crippen LogP) is 4.41. The van der Waals surface area contributed by atoms with Crippen LogP contribution < -0.4 is 5.32 Å². The van der Waals surface area contributed by atoms with E-state index in [1.807, 2.05) is 59.2 Å². The van der Waals surface area contributed by atoms with Gasteiger partial charge in [-0.25, -0.2) is 0 Å². The summed E-state index contributed by atoms with van der Waals surface area (Å²) >= 11 is 3.37. The van der Waals surface area contributed by atoms with Gasteiger partial charge in [0.05, 0.1) is 5.52 Å². The summed E-state index contributed by atoms with van der Waals surface area (Å²) in [6.45, 7) is 1.12. The maximum atomic E-state index is 12.8. The van der Waals surface area contributed by atoms with Crippen molar-refractivity contribution in [3.8, 4) is 0 Å². The molecule has 0 aliphatic carbocycles. The van der Waals surface area contributed by atoms with E-state index in [1.165, 1.54) is 0 Å². The molecule has 6 heteroatoms. The Bertz CT molecular complexity index is 1060. The van der Waals surface area contributed by atoms with Crippen LogP contribution in [0, 0.1) is 0 Å². The van der Waals surface area contributed by atoms with Crippen molar-refractivity contribution < 1.29 is 9.21 Å². The van der Waals surface area contributed by atoms with Crippen LogP contribution >= 0.6 is 15.9 Å².